The zero-order valence-corrected chi connectivity index (χ0v) is 12.5. The van der Waals surface area contributed by atoms with Crippen molar-refractivity contribution in [3.05, 3.63) is 66.2 Å². The van der Waals surface area contributed by atoms with Gasteiger partial charge in [-0.25, -0.2) is 0 Å². The Bertz CT molecular complexity index is 575. The van der Waals surface area contributed by atoms with E-state index in [1.807, 2.05) is 48.5 Å². The number of hydrogen-bond acceptors (Lipinski definition) is 2. The Morgan fingerprint density at radius 3 is 2.14 bits per heavy atom. The van der Waals surface area contributed by atoms with E-state index < -0.39 is 5.60 Å². The van der Waals surface area contributed by atoms with Crippen LogP contribution in [0.25, 0.3) is 0 Å². The van der Waals surface area contributed by atoms with Gasteiger partial charge in [-0.15, -0.1) is 0 Å². The number of para-hydroxylation sites is 1. The zero-order chi connectivity index (χ0) is 14.8. The monoisotopic (exact) mass is 282 g/mol. The fraction of sp³-hybridized carbons (Fsp3) is 0.368. The number of benzene rings is 2. The molecule has 1 aliphatic carbocycles. The summed E-state index contributed by atoms with van der Waals surface area (Å²) in [7, 11) is 0. The van der Waals surface area contributed by atoms with Crippen LogP contribution in [0.15, 0.2) is 60.7 Å². The molecular formula is C19H22O2. The molecule has 0 amide bonds. The van der Waals surface area contributed by atoms with Crippen molar-refractivity contribution in [2.24, 2.45) is 5.41 Å². The minimum atomic E-state index is -0.586. The van der Waals surface area contributed by atoms with E-state index in [0.717, 1.165) is 25.0 Å². The van der Waals surface area contributed by atoms with Gasteiger partial charge in [0.2, 0.25) is 0 Å². The van der Waals surface area contributed by atoms with Gasteiger partial charge in [0.1, 0.15) is 5.75 Å². The molecule has 2 nitrogen and oxygen atoms in total. The van der Waals surface area contributed by atoms with E-state index in [1.165, 1.54) is 5.56 Å². The second kappa shape index (κ2) is 5.53. The Balaban J connectivity index is 1.74. The fourth-order valence-electron chi connectivity index (χ4n) is 2.88. The summed E-state index contributed by atoms with van der Waals surface area (Å²) in [6.45, 7) is 2.67. The maximum atomic E-state index is 10.7. The van der Waals surface area contributed by atoms with Crippen molar-refractivity contribution >= 4 is 0 Å². The Morgan fingerprint density at radius 2 is 1.57 bits per heavy atom. The van der Waals surface area contributed by atoms with Gasteiger partial charge < -0.3 is 9.84 Å². The summed E-state index contributed by atoms with van der Waals surface area (Å²) in [5.41, 5.74) is 0.402. The van der Waals surface area contributed by atoms with Gasteiger partial charge in [-0.1, -0.05) is 55.5 Å². The molecule has 1 unspecified atom stereocenters. The molecule has 2 aromatic carbocycles. The topological polar surface area (TPSA) is 29.5 Å². The van der Waals surface area contributed by atoms with Crippen molar-refractivity contribution in [1.29, 1.82) is 0 Å². The van der Waals surface area contributed by atoms with Crippen LogP contribution in [0.4, 0.5) is 0 Å². The van der Waals surface area contributed by atoms with Crippen molar-refractivity contribution in [3.8, 4) is 5.75 Å². The maximum absolute atomic E-state index is 10.7. The van der Waals surface area contributed by atoms with Crippen LogP contribution < -0.4 is 4.74 Å². The Morgan fingerprint density at radius 1 is 1.00 bits per heavy atom. The molecule has 1 aliphatic rings. The summed E-state index contributed by atoms with van der Waals surface area (Å²) in [5, 5.41) is 10.7. The van der Waals surface area contributed by atoms with Crippen LogP contribution in [0.2, 0.25) is 0 Å². The highest BCUT2D eigenvalue weighted by molar-refractivity contribution is 5.23. The molecule has 0 saturated heterocycles. The SMILES string of the molecule is CC(COc1ccccc1)(Cc1ccccc1)C1(O)CC1. The lowest BCUT2D eigenvalue weighted by molar-refractivity contribution is -0.0186. The van der Waals surface area contributed by atoms with Crippen molar-refractivity contribution in [2.45, 2.75) is 31.8 Å². The molecule has 0 aromatic heterocycles. The summed E-state index contributed by atoms with van der Waals surface area (Å²) in [5.74, 6) is 0.862. The molecule has 1 atom stereocenters. The summed E-state index contributed by atoms with van der Waals surface area (Å²) in [6, 6.07) is 20.2. The number of rotatable bonds is 6. The molecule has 1 fully saturated rings. The summed E-state index contributed by atoms with van der Waals surface area (Å²) < 4.78 is 5.95. The van der Waals surface area contributed by atoms with Crippen molar-refractivity contribution in [3.63, 3.8) is 0 Å². The van der Waals surface area contributed by atoms with Crippen LogP contribution in [0.1, 0.15) is 25.3 Å². The molecule has 0 heterocycles. The zero-order valence-electron chi connectivity index (χ0n) is 12.5. The van der Waals surface area contributed by atoms with E-state index in [4.69, 9.17) is 4.74 Å². The Hall–Kier alpha value is -1.80. The predicted molar refractivity (Wildman–Crippen MR) is 84.4 cm³/mol. The summed E-state index contributed by atoms with van der Waals surface area (Å²) >= 11 is 0. The van der Waals surface area contributed by atoms with Gasteiger partial charge in [0, 0.05) is 5.41 Å². The van der Waals surface area contributed by atoms with Gasteiger partial charge in [-0.2, -0.15) is 0 Å². The van der Waals surface area contributed by atoms with Gasteiger partial charge in [0.15, 0.2) is 0 Å². The van der Waals surface area contributed by atoms with E-state index in [0.29, 0.717) is 6.61 Å². The molecule has 2 aromatic rings. The first-order valence-electron chi connectivity index (χ1n) is 7.56. The van der Waals surface area contributed by atoms with Gasteiger partial charge in [-0.3, -0.25) is 0 Å². The van der Waals surface area contributed by atoms with Crippen LogP contribution in [0, 0.1) is 5.41 Å². The molecule has 21 heavy (non-hydrogen) atoms. The van der Waals surface area contributed by atoms with E-state index in [9.17, 15) is 5.11 Å². The first kappa shape index (κ1) is 14.2. The number of hydrogen-bond donors (Lipinski definition) is 1. The number of aliphatic hydroxyl groups is 1. The average molecular weight is 282 g/mol. The minimum Gasteiger partial charge on any atom is -0.493 e. The molecule has 1 saturated carbocycles. The summed E-state index contributed by atoms with van der Waals surface area (Å²) in [6.07, 6.45) is 2.57. The average Bonchev–Trinajstić information content (AvgIpc) is 3.27. The van der Waals surface area contributed by atoms with Crippen LogP contribution in [-0.2, 0) is 6.42 Å². The fourth-order valence-corrected chi connectivity index (χ4v) is 2.88. The molecule has 0 spiro atoms. The van der Waals surface area contributed by atoms with E-state index >= 15 is 0 Å². The molecule has 110 valence electrons. The largest absolute Gasteiger partial charge is 0.493 e. The molecule has 3 rings (SSSR count). The van der Waals surface area contributed by atoms with Crippen molar-refractivity contribution in [2.75, 3.05) is 6.61 Å². The third-order valence-corrected chi connectivity index (χ3v) is 4.58. The third-order valence-electron chi connectivity index (χ3n) is 4.58. The second-order valence-electron chi connectivity index (χ2n) is 6.36. The first-order chi connectivity index (χ1) is 10.1. The highest BCUT2D eigenvalue weighted by Crippen LogP contribution is 2.51. The molecule has 0 radical (unpaired) electrons. The third kappa shape index (κ3) is 3.11. The quantitative estimate of drug-likeness (QED) is 0.872. The molecular weight excluding hydrogens is 260 g/mol. The van der Waals surface area contributed by atoms with Crippen LogP contribution in [0.5, 0.6) is 5.75 Å². The van der Waals surface area contributed by atoms with Crippen molar-refractivity contribution < 1.29 is 9.84 Å². The van der Waals surface area contributed by atoms with Crippen LogP contribution in [0.3, 0.4) is 0 Å². The molecule has 0 bridgehead atoms. The molecule has 0 aliphatic heterocycles. The lowest BCUT2D eigenvalue weighted by Gasteiger charge is -2.35. The minimum absolute atomic E-state index is 0.260. The van der Waals surface area contributed by atoms with E-state index in [2.05, 4.69) is 19.1 Å². The first-order valence-corrected chi connectivity index (χ1v) is 7.56. The van der Waals surface area contributed by atoms with E-state index in [-0.39, 0.29) is 5.41 Å². The standard InChI is InChI=1S/C19H22O2/c1-18(19(20)12-13-19,14-16-8-4-2-5-9-16)15-21-17-10-6-3-7-11-17/h2-11,20H,12-15H2,1H3. The molecule has 1 N–H and O–H groups in total. The summed E-state index contributed by atoms with van der Waals surface area (Å²) in [4.78, 5) is 0. The van der Waals surface area contributed by atoms with Gasteiger partial charge in [0.25, 0.3) is 0 Å². The highest BCUT2D eigenvalue weighted by Gasteiger charge is 2.56. The molecule has 2 heteroatoms. The van der Waals surface area contributed by atoms with Gasteiger partial charge >= 0.3 is 0 Å². The lowest BCUT2D eigenvalue weighted by Crippen LogP contribution is -2.41. The Kier molecular flexibility index (Phi) is 3.73. The van der Waals surface area contributed by atoms with Crippen LogP contribution in [-0.4, -0.2) is 17.3 Å². The highest BCUT2D eigenvalue weighted by atomic mass is 16.5. The van der Waals surface area contributed by atoms with Gasteiger partial charge in [0.05, 0.1) is 12.2 Å². The smallest absolute Gasteiger partial charge is 0.119 e. The maximum Gasteiger partial charge on any atom is 0.119 e. The second-order valence-corrected chi connectivity index (χ2v) is 6.36. The van der Waals surface area contributed by atoms with Crippen LogP contribution >= 0.6 is 0 Å². The normalized spacial score (nSPS) is 18.8. The van der Waals surface area contributed by atoms with Crippen molar-refractivity contribution in [1.82, 2.24) is 0 Å². The predicted octanol–water partition coefficient (Wildman–Crippen LogP) is 3.84. The lowest BCUT2D eigenvalue weighted by atomic mass is 9.77. The Labute approximate surface area is 126 Å². The number of ether oxygens (including phenoxy) is 1. The van der Waals surface area contributed by atoms with E-state index in [1.54, 1.807) is 0 Å². The van der Waals surface area contributed by atoms with Gasteiger partial charge in [-0.05, 0) is 37.0 Å².